The maximum atomic E-state index is 12.2. The molecule has 0 bridgehead atoms. The van der Waals surface area contributed by atoms with E-state index in [1.165, 1.54) is 17.7 Å². The van der Waals surface area contributed by atoms with Crippen LogP contribution in [0.15, 0.2) is 64.0 Å². The quantitative estimate of drug-likeness (QED) is 0.517. The second-order valence-corrected chi connectivity index (χ2v) is 8.94. The Bertz CT molecular complexity index is 1060. The minimum Gasteiger partial charge on any atom is -0.456 e. The summed E-state index contributed by atoms with van der Waals surface area (Å²) >= 11 is 0. The van der Waals surface area contributed by atoms with Crippen molar-refractivity contribution >= 4 is 15.8 Å². The molecule has 3 aromatic rings. The topological polar surface area (TPSA) is 99.4 Å². The number of carbonyl (C=O) groups is 1. The molecule has 0 N–H and O–H groups in total. The van der Waals surface area contributed by atoms with E-state index in [1.54, 1.807) is 18.2 Å². The zero-order chi connectivity index (χ0) is 20.9. The average molecular weight is 414 g/mol. The van der Waals surface area contributed by atoms with E-state index in [2.05, 4.69) is 24.0 Å². The molecule has 0 unspecified atom stereocenters. The molecule has 0 saturated heterocycles. The first-order valence-electron chi connectivity index (χ1n) is 9.21. The maximum Gasteiger partial charge on any atom is 0.307 e. The van der Waals surface area contributed by atoms with Crippen LogP contribution >= 0.6 is 0 Å². The average Bonchev–Trinajstić information content (AvgIpc) is 3.20. The number of sulfone groups is 1. The summed E-state index contributed by atoms with van der Waals surface area (Å²) in [5, 5.41) is 3.89. The van der Waals surface area contributed by atoms with Crippen LogP contribution in [0.5, 0.6) is 0 Å². The minimum absolute atomic E-state index is 0.146. The van der Waals surface area contributed by atoms with E-state index in [9.17, 15) is 13.2 Å². The molecule has 0 saturated carbocycles. The van der Waals surface area contributed by atoms with Gasteiger partial charge in [0, 0.05) is 5.56 Å². The van der Waals surface area contributed by atoms with E-state index in [-0.39, 0.29) is 29.6 Å². The molecule has 0 spiro atoms. The highest BCUT2D eigenvalue weighted by Crippen LogP contribution is 2.20. The van der Waals surface area contributed by atoms with Crippen molar-refractivity contribution in [2.45, 2.75) is 37.7 Å². The Morgan fingerprint density at radius 1 is 1.07 bits per heavy atom. The summed E-state index contributed by atoms with van der Waals surface area (Å²) in [5.41, 5.74) is 2.00. The molecule has 7 nitrogen and oxygen atoms in total. The van der Waals surface area contributed by atoms with Gasteiger partial charge in [-0.25, -0.2) is 8.42 Å². The normalized spacial score (nSPS) is 11.6. The fourth-order valence-corrected chi connectivity index (χ4v) is 3.87. The van der Waals surface area contributed by atoms with Gasteiger partial charge in [-0.1, -0.05) is 61.5 Å². The van der Waals surface area contributed by atoms with Gasteiger partial charge in [0.15, 0.2) is 16.4 Å². The zero-order valence-electron chi connectivity index (χ0n) is 16.2. The van der Waals surface area contributed by atoms with Crippen LogP contribution in [0.2, 0.25) is 0 Å². The Hall–Kier alpha value is -3.00. The van der Waals surface area contributed by atoms with Gasteiger partial charge in [-0.2, -0.15) is 4.98 Å². The van der Waals surface area contributed by atoms with Crippen molar-refractivity contribution in [1.82, 2.24) is 10.1 Å². The number of hydrogen-bond acceptors (Lipinski definition) is 7. The molecule has 0 aliphatic rings. The van der Waals surface area contributed by atoms with E-state index in [0.29, 0.717) is 11.7 Å². The number of nitrogens with zero attached hydrogens (tertiary/aromatic N) is 2. The SMILES string of the molecule is CC(C)c1ccc(-c2noc(COC(=O)CCS(=O)(=O)c3ccccc3)n2)cc1. The summed E-state index contributed by atoms with van der Waals surface area (Å²) in [6.45, 7) is 4.02. The number of carbonyl (C=O) groups excluding carboxylic acids is 1. The Kier molecular flexibility index (Phi) is 6.43. The minimum atomic E-state index is -3.53. The highest BCUT2D eigenvalue weighted by molar-refractivity contribution is 7.91. The molecule has 0 fully saturated rings. The Labute approximate surface area is 169 Å². The van der Waals surface area contributed by atoms with E-state index in [1.807, 2.05) is 24.3 Å². The summed E-state index contributed by atoms with van der Waals surface area (Å²) in [6.07, 6.45) is -0.255. The largest absolute Gasteiger partial charge is 0.456 e. The van der Waals surface area contributed by atoms with Gasteiger partial charge in [0.1, 0.15) is 0 Å². The second-order valence-electron chi connectivity index (χ2n) is 6.83. The molecule has 0 radical (unpaired) electrons. The lowest BCUT2D eigenvalue weighted by Crippen LogP contribution is -2.13. The lowest BCUT2D eigenvalue weighted by atomic mass is 10.0. The summed E-state index contributed by atoms with van der Waals surface area (Å²) in [4.78, 5) is 16.3. The van der Waals surface area contributed by atoms with E-state index in [0.717, 1.165) is 5.56 Å². The van der Waals surface area contributed by atoms with Crippen LogP contribution in [0.1, 0.15) is 37.6 Å². The van der Waals surface area contributed by atoms with Gasteiger partial charge in [-0.3, -0.25) is 4.79 Å². The van der Waals surface area contributed by atoms with E-state index < -0.39 is 15.8 Å². The first-order chi connectivity index (χ1) is 13.8. The van der Waals surface area contributed by atoms with E-state index in [4.69, 9.17) is 9.26 Å². The molecular weight excluding hydrogens is 392 g/mol. The molecule has 0 aliphatic heterocycles. The van der Waals surface area contributed by atoms with E-state index >= 15 is 0 Å². The molecule has 0 amide bonds. The van der Waals surface area contributed by atoms with Gasteiger partial charge in [-0.15, -0.1) is 0 Å². The number of ether oxygens (including phenoxy) is 1. The molecule has 0 atom stereocenters. The van der Waals surface area contributed by atoms with Crippen molar-refractivity contribution in [1.29, 1.82) is 0 Å². The number of benzene rings is 2. The van der Waals surface area contributed by atoms with Crippen LogP contribution in [0.25, 0.3) is 11.4 Å². The van der Waals surface area contributed by atoms with Crippen LogP contribution in [-0.4, -0.2) is 30.3 Å². The second kappa shape index (κ2) is 9.00. The van der Waals surface area contributed by atoms with Gasteiger partial charge in [0.05, 0.1) is 17.1 Å². The molecule has 29 heavy (non-hydrogen) atoms. The summed E-state index contributed by atoms with van der Waals surface area (Å²) in [5.74, 6) is -0.00149. The van der Waals surface area contributed by atoms with Gasteiger partial charge < -0.3 is 9.26 Å². The van der Waals surface area contributed by atoms with Crippen molar-refractivity contribution in [2.24, 2.45) is 0 Å². The molecule has 2 aromatic carbocycles. The third-order valence-corrected chi connectivity index (χ3v) is 6.07. The molecular formula is C21H22N2O5S. The van der Waals surface area contributed by atoms with Crippen molar-refractivity contribution in [3.8, 4) is 11.4 Å². The molecule has 0 aliphatic carbocycles. The maximum absolute atomic E-state index is 12.2. The van der Waals surface area contributed by atoms with Gasteiger partial charge in [-0.05, 0) is 23.6 Å². The van der Waals surface area contributed by atoms with Crippen LogP contribution in [-0.2, 0) is 26.0 Å². The van der Waals surface area contributed by atoms with Crippen LogP contribution in [0.4, 0.5) is 0 Å². The molecule has 1 heterocycles. The summed E-state index contributed by atoms with van der Waals surface area (Å²) < 4.78 is 34.5. The molecule has 152 valence electrons. The third-order valence-electron chi connectivity index (χ3n) is 4.34. The first-order valence-corrected chi connectivity index (χ1v) is 10.9. The fraction of sp³-hybridized carbons (Fsp3) is 0.286. The molecule has 8 heteroatoms. The highest BCUT2D eigenvalue weighted by atomic mass is 32.2. The van der Waals surface area contributed by atoms with Crippen molar-refractivity contribution < 1.29 is 22.5 Å². The Morgan fingerprint density at radius 3 is 2.41 bits per heavy atom. The van der Waals surface area contributed by atoms with Gasteiger partial charge >= 0.3 is 5.97 Å². The number of aromatic nitrogens is 2. The van der Waals surface area contributed by atoms with Crippen LogP contribution in [0.3, 0.4) is 0 Å². The predicted molar refractivity (Wildman–Crippen MR) is 107 cm³/mol. The Balaban J connectivity index is 1.52. The molecule has 3 rings (SSSR count). The third kappa shape index (κ3) is 5.51. The first kappa shape index (κ1) is 20.7. The lowest BCUT2D eigenvalue weighted by Gasteiger charge is -2.04. The Morgan fingerprint density at radius 2 is 1.76 bits per heavy atom. The van der Waals surface area contributed by atoms with Crippen LogP contribution < -0.4 is 0 Å². The van der Waals surface area contributed by atoms with Gasteiger partial charge in [0.2, 0.25) is 5.82 Å². The van der Waals surface area contributed by atoms with Crippen molar-refractivity contribution in [2.75, 3.05) is 5.75 Å². The van der Waals surface area contributed by atoms with Crippen molar-refractivity contribution in [3.63, 3.8) is 0 Å². The monoisotopic (exact) mass is 414 g/mol. The zero-order valence-corrected chi connectivity index (χ0v) is 17.1. The van der Waals surface area contributed by atoms with Gasteiger partial charge in [0.25, 0.3) is 5.89 Å². The van der Waals surface area contributed by atoms with Crippen molar-refractivity contribution in [3.05, 3.63) is 66.1 Å². The number of hydrogen-bond donors (Lipinski definition) is 0. The molecule has 1 aromatic heterocycles. The highest BCUT2D eigenvalue weighted by Gasteiger charge is 2.17. The predicted octanol–water partition coefficient (Wildman–Crippen LogP) is 3.77. The smallest absolute Gasteiger partial charge is 0.307 e. The summed E-state index contributed by atoms with van der Waals surface area (Å²) in [7, 11) is -3.53. The lowest BCUT2D eigenvalue weighted by molar-refractivity contribution is -0.145. The van der Waals surface area contributed by atoms with Crippen LogP contribution in [0, 0.1) is 0 Å². The number of esters is 1. The standard InChI is InChI=1S/C21H22N2O5S/c1-15(2)16-8-10-17(11-9-16)21-22-19(28-23-21)14-27-20(24)12-13-29(25,26)18-6-4-3-5-7-18/h3-11,15H,12-14H2,1-2H3. The number of rotatable bonds is 8. The summed E-state index contributed by atoms with van der Waals surface area (Å²) in [6, 6.07) is 15.8. The fourth-order valence-electron chi connectivity index (χ4n) is 2.63.